The van der Waals surface area contributed by atoms with E-state index < -0.39 is 0 Å². The van der Waals surface area contributed by atoms with Crippen LogP contribution in [0.1, 0.15) is 0 Å². The third kappa shape index (κ3) is 3.51. The Balaban J connectivity index is 3.35. The molecule has 0 amide bonds. The Hall–Kier alpha value is 0.928. The Morgan fingerprint density at radius 1 is 1.86 bits per heavy atom. The molecule has 0 saturated carbocycles. The minimum absolute atomic E-state index is 0.935. The summed E-state index contributed by atoms with van der Waals surface area (Å²) in [5.41, 5.74) is 0. The summed E-state index contributed by atoms with van der Waals surface area (Å²) in [6, 6.07) is 0. The first-order valence-corrected chi connectivity index (χ1v) is 4.20. The second kappa shape index (κ2) is 3.87. The molecule has 0 aliphatic rings. The minimum atomic E-state index is 0.935. The second-order valence-corrected chi connectivity index (χ2v) is 3.75. The Morgan fingerprint density at radius 3 is 2.29 bits per heavy atom. The third-order valence-electron chi connectivity index (χ3n) is 0.432. The van der Waals surface area contributed by atoms with Crippen LogP contribution >= 0.6 is 24.0 Å². The van der Waals surface area contributed by atoms with Gasteiger partial charge in [-0.05, 0) is 0 Å². The summed E-state index contributed by atoms with van der Waals surface area (Å²) in [6.07, 6.45) is 1.98. The molecule has 0 saturated heterocycles. The van der Waals surface area contributed by atoms with Gasteiger partial charge in [-0.25, -0.2) is 0 Å². The average molecular weight is 216 g/mol. The summed E-state index contributed by atoms with van der Waals surface area (Å²) < 4.78 is 2.86. The summed E-state index contributed by atoms with van der Waals surface area (Å²) >= 11 is 8.34. The van der Waals surface area contributed by atoms with Crippen molar-refractivity contribution in [2.24, 2.45) is 0 Å². The van der Waals surface area contributed by atoms with Gasteiger partial charge in [0.05, 0.1) is 0 Å². The van der Waals surface area contributed by atoms with Crippen LogP contribution in [0.3, 0.4) is 0 Å². The molecule has 0 unspecified atom stereocenters. The van der Waals surface area contributed by atoms with E-state index >= 15 is 0 Å². The van der Waals surface area contributed by atoms with Crippen LogP contribution in [-0.2, 0) is 20.1 Å². The molecule has 0 aliphatic carbocycles. The molecule has 0 aromatic heterocycles. The van der Waals surface area contributed by atoms with E-state index in [0.717, 1.165) is 4.32 Å². The molecule has 0 heterocycles. The van der Waals surface area contributed by atoms with Crippen LogP contribution in [0.4, 0.5) is 0 Å². The van der Waals surface area contributed by atoms with Gasteiger partial charge in [-0.15, -0.1) is 0 Å². The first-order chi connectivity index (χ1) is 3.18. The van der Waals surface area contributed by atoms with Crippen molar-refractivity contribution in [2.45, 2.75) is 0 Å². The van der Waals surface area contributed by atoms with Crippen LogP contribution in [0, 0.1) is 0 Å². The van der Waals surface area contributed by atoms with Crippen molar-refractivity contribution in [1.82, 2.24) is 3.46 Å². The predicted octanol–water partition coefficient (Wildman–Crippen LogP) is 1.03. The zero-order chi connectivity index (χ0) is 5.86. The number of thioether (sulfide) groups is 1. The number of thiocarbonyl (C=S) groups is 1. The predicted molar refractivity (Wildman–Crippen MR) is 33.9 cm³/mol. The fraction of sp³-hybridized carbons (Fsp3) is 0.667. The molecule has 0 aliphatic heterocycles. The van der Waals surface area contributed by atoms with Crippen molar-refractivity contribution in [2.75, 3.05) is 13.3 Å². The number of hydrogen-bond donors (Lipinski definition) is 0. The van der Waals surface area contributed by atoms with E-state index in [1.54, 1.807) is 11.8 Å². The summed E-state index contributed by atoms with van der Waals surface area (Å²) in [5, 5.41) is 0. The van der Waals surface area contributed by atoms with Gasteiger partial charge >= 0.3 is 65.1 Å². The number of nitrogens with zero attached hydrogens (tertiary/aromatic N) is 1. The van der Waals surface area contributed by atoms with Gasteiger partial charge in [0.25, 0.3) is 0 Å². The summed E-state index contributed by atoms with van der Waals surface area (Å²) in [4.78, 5) is 0. The molecule has 41 valence electrons. The Kier molecular flexibility index (Phi) is 4.39. The monoisotopic (exact) mass is 218 g/mol. The molecular weight excluding hydrogens is 210 g/mol. The zero-order valence-electron chi connectivity index (χ0n) is 4.17. The first kappa shape index (κ1) is 7.93. The van der Waals surface area contributed by atoms with E-state index in [0.29, 0.717) is 0 Å². The molecule has 0 radical (unpaired) electrons. The van der Waals surface area contributed by atoms with E-state index in [2.05, 4.69) is 0 Å². The van der Waals surface area contributed by atoms with E-state index in [1.807, 2.05) is 36.8 Å². The van der Waals surface area contributed by atoms with E-state index in [4.69, 9.17) is 12.2 Å². The fourth-order valence-electron chi connectivity index (χ4n) is 0.129. The third-order valence-corrected chi connectivity index (χ3v) is 2.89. The Morgan fingerprint density at radius 2 is 2.29 bits per heavy atom. The van der Waals surface area contributed by atoms with Crippen molar-refractivity contribution in [1.29, 1.82) is 0 Å². The van der Waals surface area contributed by atoms with Crippen molar-refractivity contribution < 1.29 is 20.1 Å². The number of rotatable bonds is 0. The Labute approximate surface area is 65.0 Å². The molecular formula is C3H6MoNS2. The normalized spacial score (nSPS) is 8.29. The molecule has 0 spiro atoms. The fourth-order valence-corrected chi connectivity index (χ4v) is 0.935. The quantitative estimate of drug-likeness (QED) is 0.440. The van der Waals surface area contributed by atoms with Crippen LogP contribution in [0.5, 0.6) is 0 Å². The molecule has 0 rings (SSSR count). The van der Waals surface area contributed by atoms with Crippen molar-refractivity contribution in [3.63, 3.8) is 0 Å². The van der Waals surface area contributed by atoms with E-state index in [1.165, 1.54) is 0 Å². The van der Waals surface area contributed by atoms with Gasteiger partial charge in [0.15, 0.2) is 0 Å². The Bertz CT molecular complexity index is 73.3. The topological polar surface area (TPSA) is 3.24 Å². The average Bonchev–Trinajstić information content (AvgIpc) is 1.65. The molecule has 4 heteroatoms. The molecule has 0 aromatic carbocycles. The van der Waals surface area contributed by atoms with Gasteiger partial charge in [-0.1, -0.05) is 0 Å². The van der Waals surface area contributed by atoms with Gasteiger partial charge in [0, 0.05) is 0 Å². The molecule has 7 heavy (non-hydrogen) atoms. The van der Waals surface area contributed by atoms with Gasteiger partial charge in [-0.2, -0.15) is 0 Å². The first-order valence-electron chi connectivity index (χ1n) is 1.67. The molecule has 0 bridgehead atoms. The van der Waals surface area contributed by atoms with Crippen LogP contribution in [0.2, 0.25) is 0 Å². The molecule has 0 atom stereocenters. The van der Waals surface area contributed by atoms with E-state index in [-0.39, 0.29) is 0 Å². The molecule has 0 N–H and O–H groups in total. The van der Waals surface area contributed by atoms with Crippen molar-refractivity contribution >= 4 is 28.3 Å². The van der Waals surface area contributed by atoms with Crippen LogP contribution in [0.15, 0.2) is 0 Å². The summed E-state index contributed by atoms with van der Waals surface area (Å²) in [5.74, 6) is 0. The maximum atomic E-state index is 4.87. The summed E-state index contributed by atoms with van der Waals surface area (Å²) in [6.45, 7) is 0. The van der Waals surface area contributed by atoms with Gasteiger partial charge < -0.3 is 0 Å². The molecule has 0 fully saturated rings. The molecule has 1 nitrogen and oxygen atoms in total. The van der Waals surface area contributed by atoms with E-state index in [9.17, 15) is 0 Å². The van der Waals surface area contributed by atoms with Crippen molar-refractivity contribution in [3.05, 3.63) is 0 Å². The van der Waals surface area contributed by atoms with Gasteiger partial charge in [0.2, 0.25) is 0 Å². The molecule has 0 aromatic rings. The standard InChI is InChI=1S/C3H7NS2.Mo/c1-4-3(5)6-2;/h1-2H3,(H,4,5);/q;+1/p-1. The van der Waals surface area contributed by atoms with Crippen LogP contribution in [-0.4, -0.2) is 21.1 Å². The van der Waals surface area contributed by atoms with Crippen LogP contribution in [0.25, 0.3) is 0 Å². The zero-order valence-corrected chi connectivity index (χ0v) is 7.81. The van der Waals surface area contributed by atoms with Crippen LogP contribution < -0.4 is 0 Å². The van der Waals surface area contributed by atoms with Gasteiger partial charge in [-0.3, -0.25) is 0 Å². The maximum absolute atomic E-state index is 4.87. The second-order valence-electron chi connectivity index (χ2n) is 0.967. The summed E-state index contributed by atoms with van der Waals surface area (Å²) in [7, 11) is 1.95. The van der Waals surface area contributed by atoms with Crippen molar-refractivity contribution in [3.8, 4) is 0 Å². The van der Waals surface area contributed by atoms with Gasteiger partial charge in [0.1, 0.15) is 0 Å². The SMILES string of the molecule is CSC(=S)[N](C)[Mo]. The number of hydrogen-bond acceptors (Lipinski definition) is 2.